The molecule has 3 aromatic rings. The lowest BCUT2D eigenvalue weighted by molar-refractivity contribution is -0.265. The number of hydrogen-bond donors (Lipinski definition) is 4. The van der Waals surface area contributed by atoms with Gasteiger partial charge in [-0.15, -0.1) is 0 Å². The van der Waals surface area contributed by atoms with Crippen molar-refractivity contribution in [1.82, 2.24) is 10.3 Å². The number of benzene rings is 2. The minimum absolute atomic E-state index is 0.0145. The number of fused-ring (bicyclic) bond motifs is 1. The molecule has 2 aromatic carbocycles. The van der Waals surface area contributed by atoms with Gasteiger partial charge >= 0.3 is 6.18 Å². The fourth-order valence-corrected chi connectivity index (χ4v) is 5.69. The van der Waals surface area contributed by atoms with Gasteiger partial charge in [0.25, 0.3) is 5.91 Å². The molecule has 1 unspecified atom stereocenters. The van der Waals surface area contributed by atoms with Crippen molar-refractivity contribution in [3.05, 3.63) is 71.2 Å². The van der Waals surface area contributed by atoms with Gasteiger partial charge in [0.15, 0.2) is 11.5 Å². The van der Waals surface area contributed by atoms with E-state index in [1.165, 1.54) is 37.3 Å². The second-order valence-electron chi connectivity index (χ2n) is 12.3. The Morgan fingerprint density at radius 1 is 1.11 bits per heavy atom. The molecule has 2 heterocycles. The molecule has 3 aliphatic rings. The van der Waals surface area contributed by atoms with Crippen LogP contribution < -0.4 is 25.3 Å². The van der Waals surface area contributed by atoms with Gasteiger partial charge in [0.1, 0.15) is 35.9 Å². The zero-order chi connectivity index (χ0) is 33.7. The highest BCUT2D eigenvalue weighted by Gasteiger charge is 2.60. The van der Waals surface area contributed by atoms with Crippen LogP contribution in [0, 0.1) is 11.7 Å². The first-order valence-electron chi connectivity index (χ1n) is 15.2. The number of rotatable bonds is 12. The topological polar surface area (TPSA) is 153 Å². The number of hydrogen-bond acceptors (Lipinski definition) is 8. The first-order chi connectivity index (χ1) is 22.2. The highest BCUT2D eigenvalue weighted by molar-refractivity contribution is 5.95. The quantitative estimate of drug-likeness (QED) is 0.214. The van der Waals surface area contributed by atoms with E-state index in [2.05, 4.69) is 10.3 Å². The SMILES string of the molecule is C[C@@H](O)COc1ccc(C(=O)NCC(O)(c2cc3c(c(-c4ccc(F)cc4)n2)OC[C@@]3(C(N)=O)C2CC2)C(F)(F)F)cc1OC1CC1. The van der Waals surface area contributed by atoms with Crippen molar-refractivity contribution in [3.63, 3.8) is 0 Å². The molecule has 1 aromatic heterocycles. The summed E-state index contributed by atoms with van der Waals surface area (Å²) in [7, 11) is 0. The van der Waals surface area contributed by atoms with Crippen molar-refractivity contribution in [1.29, 1.82) is 0 Å². The number of aliphatic hydroxyl groups excluding tert-OH is 1. The van der Waals surface area contributed by atoms with Gasteiger partial charge in [-0.25, -0.2) is 9.37 Å². The van der Waals surface area contributed by atoms with Gasteiger partial charge < -0.3 is 35.5 Å². The standard InChI is InChI=1S/C33H33F4N3O7/c1-17(41)14-45-24-11-4-19(12-25(24)47-22-9-10-22)29(42)39-15-32(44,33(35,36)37)26-13-23-28(27(40-26)18-2-7-21(34)8-3-18)46-16-31(23,30(38)43)20-5-6-20/h2-4,7-8,11-13,17,20,22,41,44H,5-6,9-10,14-16H2,1H3,(H2,38,43)(H,39,42)/t17-,31-,32?/m1/s1. The third-order valence-corrected chi connectivity index (χ3v) is 8.63. The maximum Gasteiger partial charge on any atom is 0.424 e. The average molecular weight is 660 g/mol. The number of aromatic nitrogens is 1. The van der Waals surface area contributed by atoms with Crippen molar-refractivity contribution in [2.24, 2.45) is 11.7 Å². The monoisotopic (exact) mass is 659 g/mol. The molecule has 2 saturated carbocycles. The van der Waals surface area contributed by atoms with Crippen LogP contribution in [0.25, 0.3) is 11.3 Å². The van der Waals surface area contributed by atoms with Crippen LogP contribution in [0.15, 0.2) is 48.5 Å². The summed E-state index contributed by atoms with van der Waals surface area (Å²) in [6.45, 7) is -0.111. The molecule has 2 fully saturated rings. The molecule has 1 aliphatic heterocycles. The highest BCUT2D eigenvalue weighted by atomic mass is 19.4. The van der Waals surface area contributed by atoms with Crippen LogP contribution >= 0.6 is 0 Å². The number of carbonyl (C=O) groups excluding carboxylic acids is 2. The van der Waals surface area contributed by atoms with Gasteiger partial charge in [0, 0.05) is 16.7 Å². The number of amides is 2. The van der Waals surface area contributed by atoms with Crippen LogP contribution in [-0.4, -0.2) is 65.2 Å². The Kier molecular flexibility index (Phi) is 8.29. The Labute approximate surface area is 266 Å². The Balaban J connectivity index is 1.37. The second kappa shape index (κ2) is 12.0. The van der Waals surface area contributed by atoms with Gasteiger partial charge in [-0.3, -0.25) is 9.59 Å². The maximum atomic E-state index is 14.9. The largest absolute Gasteiger partial charge is 0.489 e. The lowest BCUT2D eigenvalue weighted by Crippen LogP contribution is -2.52. The summed E-state index contributed by atoms with van der Waals surface area (Å²) in [6, 6.07) is 9.75. The molecule has 3 atom stereocenters. The number of carbonyl (C=O) groups is 2. The molecule has 47 heavy (non-hydrogen) atoms. The molecule has 0 radical (unpaired) electrons. The fourth-order valence-electron chi connectivity index (χ4n) is 5.69. The third-order valence-electron chi connectivity index (χ3n) is 8.63. The first kappa shape index (κ1) is 32.5. The van der Waals surface area contributed by atoms with Gasteiger partial charge in [0.05, 0.1) is 24.4 Å². The lowest BCUT2D eigenvalue weighted by atomic mass is 9.76. The molecule has 2 aliphatic carbocycles. The Morgan fingerprint density at radius 2 is 1.81 bits per heavy atom. The van der Waals surface area contributed by atoms with E-state index >= 15 is 0 Å². The number of nitrogens with two attached hydrogens (primary N) is 1. The number of aliphatic hydroxyl groups is 2. The van der Waals surface area contributed by atoms with E-state index in [1.807, 2.05) is 0 Å². The summed E-state index contributed by atoms with van der Waals surface area (Å²) in [5, 5.41) is 23.1. The zero-order valence-electron chi connectivity index (χ0n) is 25.3. The molecule has 14 heteroatoms. The third kappa shape index (κ3) is 6.19. The van der Waals surface area contributed by atoms with Crippen molar-refractivity contribution < 1.29 is 51.6 Å². The second-order valence-corrected chi connectivity index (χ2v) is 12.3. The van der Waals surface area contributed by atoms with Crippen molar-refractivity contribution >= 4 is 11.8 Å². The molecule has 250 valence electrons. The highest BCUT2D eigenvalue weighted by Crippen LogP contribution is 2.56. The first-order valence-corrected chi connectivity index (χ1v) is 15.2. The van der Waals surface area contributed by atoms with E-state index in [-0.39, 0.29) is 64.9 Å². The summed E-state index contributed by atoms with van der Waals surface area (Å²) in [5.74, 6) is -2.21. The van der Waals surface area contributed by atoms with Crippen LogP contribution in [0.5, 0.6) is 17.2 Å². The van der Waals surface area contributed by atoms with E-state index in [0.717, 1.165) is 31.0 Å². The number of pyridine rings is 1. The van der Waals surface area contributed by atoms with E-state index < -0.39 is 53.2 Å². The lowest BCUT2D eigenvalue weighted by Gasteiger charge is -2.32. The van der Waals surface area contributed by atoms with Crippen LogP contribution in [0.1, 0.15) is 54.2 Å². The van der Waals surface area contributed by atoms with Gasteiger partial charge in [-0.2, -0.15) is 13.2 Å². The Hall–Kier alpha value is -4.43. The van der Waals surface area contributed by atoms with Gasteiger partial charge in [0.2, 0.25) is 11.5 Å². The minimum atomic E-state index is -5.37. The molecule has 0 bridgehead atoms. The van der Waals surface area contributed by atoms with E-state index in [1.54, 1.807) is 0 Å². The molecular formula is C33H33F4N3O7. The number of ether oxygens (including phenoxy) is 3. The number of halogens is 4. The van der Waals surface area contributed by atoms with Crippen LogP contribution in [-0.2, 0) is 15.8 Å². The van der Waals surface area contributed by atoms with Gasteiger partial charge in [-0.1, -0.05) is 0 Å². The number of nitrogens with one attached hydrogen (secondary N) is 1. The number of nitrogens with zero attached hydrogens (tertiary/aromatic N) is 1. The zero-order valence-corrected chi connectivity index (χ0v) is 25.3. The molecule has 0 spiro atoms. The normalized spacial score (nSPS) is 20.8. The smallest absolute Gasteiger partial charge is 0.424 e. The average Bonchev–Trinajstić information content (AvgIpc) is 3.97. The molecular weight excluding hydrogens is 626 g/mol. The maximum absolute atomic E-state index is 14.9. The van der Waals surface area contributed by atoms with Gasteiger partial charge in [-0.05, 0) is 87.1 Å². The summed E-state index contributed by atoms with van der Waals surface area (Å²) >= 11 is 0. The summed E-state index contributed by atoms with van der Waals surface area (Å²) in [6.07, 6.45) is -3.52. The van der Waals surface area contributed by atoms with E-state index in [0.29, 0.717) is 12.8 Å². The predicted octanol–water partition coefficient (Wildman–Crippen LogP) is 3.89. The van der Waals surface area contributed by atoms with Crippen LogP contribution in [0.3, 0.4) is 0 Å². The summed E-state index contributed by atoms with van der Waals surface area (Å²) in [5.41, 5.74) is -0.276. The molecule has 10 nitrogen and oxygen atoms in total. The van der Waals surface area contributed by atoms with Crippen molar-refractivity contribution in [3.8, 4) is 28.5 Å². The van der Waals surface area contributed by atoms with Crippen molar-refractivity contribution in [2.45, 2.75) is 62.0 Å². The molecule has 5 N–H and O–H groups in total. The Bertz CT molecular complexity index is 1690. The van der Waals surface area contributed by atoms with E-state index in [4.69, 9.17) is 19.9 Å². The van der Waals surface area contributed by atoms with Crippen LogP contribution in [0.4, 0.5) is 17.6 Å². The molecule has 0 saturated heterocycles. The number of alkyl halides is 3. The Morgan fingerprint density at radius 3 is 2.40 bits per heavy atom. The fraction of sp³-hybridized carbons (Fsp3) is 0.424. The molecule has 2 amide bonds. The molecule has 6 rings (SSSR count). The van der Waals surface area contributed by atoms with Crippen LogP contribution in [0.2, 0.25) is 0 Å². The summed E-state index contributed by atoms with van der Waals surface area (Å²) < 4.78 is 75.6. The predicted molar refractivity (Wildman–Crippen MR) is 158 cm³/mol. The van der Waals surface area contributed by atoms with Crippen molar-refractivity contribution in [2.75, 3.05) is 19.8 Å². The van der Waals surface area contributed by atoms with E-state index in [9.17, 15) is 37.4 Å². The number of primary amides is 1. The minimum Gasteiger partial charge on any atom is -0.489 e. The summed E-state index contributed by atoms with van der Waals surface area (Å²) in [4.78, 5) is 30.3.